The van der Waals surface area contributed by atoms with Crippen LogP contribution in [0.2, 0.25) is 10.0 Å². The van der Waals surface area contributed by atoms with Crippen LogP contribution in [-0.4, -0.2) is 18.2 Å². The average Bonchev–Trinajstić information content (AvgIpc) is 3.04. The Kier molecular flexibility index (Phi) is 5.88. The fourth-order valence-corrected chi connectivity index (χ4v) is 2.63. The molecule has 0 aliphatic heterocycles. The first-order valence-corrected chi connectivity index (χ1v) is 8.72. The highest BCUT2D eigenvalue weighted by Crippen LogP contribution is 2.26. The largest absolute Gasteiger partial charge is 0.497 e. The van der Waals surface area contributed by atoms with Gasteiger partial charge in [-0.3, -0.25) is 4.79 Å². The summed E-state index contributed by atoms with van der Waals surface area (Å²) in [5, 5.41) is 7.31. The van der Waals surface area contributed by atoms with Gasteiger partial charge in [-0.05, 0) is 49.4 Å². The molecule has 0 spiro atoms. The summed E-state index contributed by atoms with van der Waals surface area (Å²) >= 11 is 11.9. The number of rotatable bonds is 6. The minimum Gasteiger partial charge on any atom is -0.497 e. The number of aryl methyl sites for hydroxylation is 1. The number of carbonyl (C=O) groups is 1. The molecule has 1 aromatic heterocycles. The number of hydrogen-bond acceptors (Lipinski definition) is 5. The lowest BCUT2D eigenvalue weighted by Crippen LogP contribution is -2.15. The summed E-state index contributed by atoms with van der Waals surface area (Å²) in [7, 11) is 1.59. The molecule has 6 nitrogen and oxygen atoms in total. The quantitative estimate of drug-likeness (QED) is 0.613. The maximum Gasteiger partial charge on any atom is 0.278 e. The van der Waals surface area contributed by atoms with Crippen molar-refractivity contribution in [2.45, 2.75) is 13.5 Å². The molecular formula is C19H16Cl2N2O4. The smallest absolute Gasteiger partial charge is 0.278 e. The first kappa shape index (κ1) is 19.1. The third-order valence-electron chi connectivity index (χ3n) is 3.82. The predicted molar refractivity (Wildman–Crippen MR) is 103 cm³/mol. The lowest BCUT2D eigenvalue weighted by Gasteiger charge is -2.08. The van der Waals surface area contributed by atoms with E-state index in [0.29, 0.717) is 32.8 Å². The molecule has 0 bridgehead atoms. The lowest BCUT2D eigenvalue weighted by atomic mass is 10.2. The van der Waals surface area contributed by atoms with Gasteiger partial charge in [0.25, 0.3) is 5.91 Å². The van der Waals surface area contributed by atoms with Crippen LogP contribution in [0.25, 0.3) is 0 Å². The van der Waals surface area contributed by atoms with Gasteiger partial charge < -0.3 is 19.3 Å². The second kappa shape index (κ2) is 8.33. The van der Waals surface area contributed by atoms with E-state index in [2.05, 4.69) is 10.5 Å². The third-order valence-corrected chi connectivity index (χ3v) is 4.56. The zero-order chi connectivity index (χ0) is 19.4. The van der Waals surface area contributed by atoms with Crippen molar-refractivity contribution in [3.8, 4) is 11.5 Å². The monoisotopic (exact) mass is 406 g/mol. The number of ether oxygens (including phenoxy) is 2. The second-order valence-corrected chi connectivity index (χ2v) is 6.43. The van der Waals surface area contributed by atoms with Gasteiger partial charge >= 0.3 is 0 Å². The standard InChI is InChI=1S/C19H16Cl2N2O4/c1-11-15(10-26-14-6-4-13(25-2)5-7-14)18(23-27-11)19(24)22-12-3-8-16(20)17(21)9-12/h3-9H,10H2,1-2H3,(H,22,24). The number of aromatic nitrogens is 1. The Morgan fingerprint density at radius 3 is 2.48 bits per heavy atom. The Bertz CT molecular complexity index is 955. The number of halogens is 2. The van der Waals surface area contributed by atoms with E-state index in [-0.39, 0.29) is 12.3 Å². The number of amides is 1. The molecule has 1 N–H and O–H groups in total. The van der Waals surface area contributed by atoms with E-state index in [0.717, 1.165) is 5.75 Å². The minimum absolute atomic E-state index is 0.131. The molecule has 140 valence electrons. The molecule has 0 atom stereocenters. The van der Waals surface area contributed by atoms with Gasteiger partial charge in [0.1, 0.15) is 23.9 Å². The Labute approximate surface area is 166 Å². The van der Waals surface area contributed by atoms with Crippen LogP contribution in [0.1, 0.15) is 21.8 Å². The van der Waals surface area contributed by atoms with Crippen LogP contribution in [0.15, 0.2) is 47.0 Å². The van der Waals surface area contributed by atoms with Crippen molar-refractivity contribution in [3.05, 3.63) is 69.5 Å². The Morgan fingerprint density at radius 2 is 1.81 bits per heavy atom. The van der Waals surface area contributed by atoms with Crippen LogP contribution < -0.4 is 14.8 Å². The number of nitrogens with zero attached hydrogens (tertiary/aromatic N) is 1. The summed E-state index contributed by atoms with van der Waals surface area (Å²) in [5.74, 6) is 1.43. The maximum absolute atomic E-state index is 12.6. The van der Waals surface area contributed by atoms with E-state index in [1.807, 2.05) is 0 Å². The molecule has 0 saturated carbocycles. The molecule has 0 saturated heterocycles. The number of benzene rings is 2. The van der Waals surface area contributed by atoms with Crippen LogP contribution in [0.5, 0.6) is 11.5 Å². The van der Waals surface area contributed by atoms with Gasteiger partial charge in [0.2, 0.25) is 0 Å². The van der Waals surface area contributed by atoms with Crippen molar-refractivity contribution in [2.24, 2.45) is 0 Å². The van der Waals surface area contributed by atoms with E-state index in [9.17, 15) is 4.79 Å². The molecule has 3 rings (SSSR count). The van der Waals surface area contributed by atoms with Crippen molar-refractivity contribution in [1.82, 2.24) is 5.16 Å². The number of carbonyl (C=O) groups excluding carboxylic acids is 1. The van der Waals surface area contributed by atoms with E-state index in [1.54, 1.807) is 56.5 Å². The number of anilines is 1. The fourth-order valence-electron chi connectivity index (χ4n) is 2.33. The zero-order valence-corrected chi connectivity index (χ0v) is 16.1. The first-order chi connectivity index (χ1) is 13.0. The highest BCUT2D eigenvalue weighted by atomic mass is 35.5. The van der Waals surface area contributed by atoms with Gasteiger partial charge in [-0.25, -0.2) is 0 Å². The van der Waals surface area contributed by atoms with Crippen LogP contribution in [0, 0.1) is 6.92 Å². The molecular weight excluding hydrogens is 391 g/mol. The van der Waals surface area contributed by atoms with Crippen molar-refractivity contribution >= 4 is 34.8 Å². The van der Waals surface area contributed by atoms with Crippen LogP contribution >= 0.6 is 23.2 Å². The number of methoxy groups -OCH3 is 1. The van der Waals surface area contributed by atoms with Crippen molar-refractivity contribution in [2.75, 3.05) is 12.4 Å². The highest BCUT2D eigenvalue weighted by Gasteiger charge is 2.21. The van der Waals surface area contributed by atoms with E-state index in [1.165, 1.54) is 0 Å². The van der Waals surface area contributed by atoms with E-state index < -0.39 is 5.91 Å². The summed E-state index contributed by atoms with van der Waals surface area (Å²) in [5.41, 5.74) is 1.20. The predicted octanol–water partition coefficient (Wildman–Crippen LogP) is 5.13. The second-order valence-electron chi connectivity index (χ2n) is 5.61. The Morgan fingerprint density at radius 1 is 1.11 bits per heavy atom. The molecule has 27 heavy (non-hydrogen) atoms. The van der Waals surface area contributed by atoms with Crippen LogP contribution in [0.3, 0.4) is 0 Å². The zero-order valence-electron chi connectivity index (χ0n) is 14.6. The summed E-state index contributed by atoms with van der Waals surface area (Å²) in [6, 6.07) is 11.9. The Balaban J connectivity index is 1.72. The van der Waals surface area contributed by atoms with Crippen LogP contribution in [-0.2, 0) is 6.61 Å². The first-order valence-electron chi connectivity index (χ1n) is 7.96. The molecule has 0 radical (unpaired) electrons. The van der Waals surface area contributed by atoms with Crippen LogP contribution in [0.4, 0.5) is 5.69 Å². The molecule has 0 aliphatic rings. The van der Waals surface area contributed by atoms with Crippen molar-refractivity contribution in [1.29, 1.82) is 0 Å². The van der Waals surface area contributed by atoms with Gasteiger partial charge in [-0.1, -0.05) is 28.4 Å². The topological polar surface area (TPSA) is 73.6 Å². The van der Waals surface area contributed by atoms with E-state index in [4.69, 9.17) is 37.2 Å². The number of hydrogen-bond donors (Lipinski definition) is 1. The summed E-state index contributed by atoms with van der Waals surface area (Å²) in [4.78, 5) is 12.6. The average molecular weight is 407 g/mol. The maximum atomic E-state index is 12.6. The SMILES string of the molecule is COc1ccc(OCc2c(C(=O)Nc3ccc(Cl)c(Cl)c3)noc2C)cc1. The molecule has 2 aromatic carbocycles. The summed E-state index contributed by atoms with van der Waals surface area (Å²) in [6.07, 6.45) is 0. The van der Waals surface area contributed by atoms with Gasteiger partial charge in [0.15, 0.2) is 5.69 Å². The molecule has 0 fully saturated rings. The van der Waals surface area contributed by atoms with Gasteiger partial charge in [0.05, 0.1) is 22.7 Å². The Hall–Kier alpha value is -2.70. The molecule has 0 unspecified atom stereocenters. The summed E-state index contributed by atoms with van der Waals surface area (Å²) in [6.45, 7) is 1.85. The molecule has 8 heteroatoms. The molecule has 1 amide bonds. The molecule has 0 aliphatic carbocycles. The number of nitrogens with one attached hydrogen (secondary N) is 1. The fraction of sp³-hybridized carbons (Fsp3) is 0.158. The van der Waals surface area contributed by atoms with Crippen molar-refractivity contribution < 1.29 is 18.8 Å². The van der Waals surface area contributed by atoms with Crippen molar-refractivity contribution in [3.63, 3.8) is 0 Å². The molecule has 3 aromatic rings. The minimum atomic E-state index is -0.432. The van der Waals surface area contributed by atoms with Gasteiger partial charge in [0, 0.05) is 5.69 Å². The van der Waals surface area contributed by atoms with E-state index >= 15 is 0 Å². The highest BCUT2D eigenvalue weighted by molar-refractivity contribution is 6.42. The third kappa shape index (κ3) is 4.53. The van der Waals surface area contributed by atoms with Gasteiger partial charge in [-0.2, -0.15) is 0 Å². The summed E-state index contributed by atoms with van der Waals surface area (Å²) < 4.78 is 16.0. The lowest BCUT2D eigenvalue weighted by molar-refractivity contribution is 0.101. The molecule has 1 heterocycles. The normalized spacial score (nSPS) is 10.5. The van der Waals surface area contributed by atoms with Gasteiger partial charge in [-0.15, -0.1) is 0 Å².